The highest BCUT2D eigenvalue weighted by Crippen LogP contribution is 2.36. The van der Waals surface area contributed by atoms with Crippen LogP contribution < -0.4 is 16.4 Å². The van der Waals surface area contributed by atoms with Crippen LogP contribution in [0, 0.1) is 6.92 Å². The van der Waals surface area contributed by atoms with Gasteiger partial charge in [-0.15, -0.1) is 11.3 Å². The Bertz CT molecular complexity index is 1410. The average molecular weight is 531 g/mol. The lowest BCUT2D eigenvalue weighted by molar-refractivity contribution is 0.0299. The van der Waals surface area contributed by atoms with Crippen LogP contribution in [-0.4, -0.2) is 63.6 Å². The number of hydrogen-bond acceptors (Lipinski definition) is 10. The van der Waals surface area contributed by atoms with Crippen LogP contribution in [0.4, 0.5) is 22.5 Å². The van der Waals surface area contributed by atoms with E-state index in [1.807, 2.05) is 11.4 Å². The summed E-state index contributed by atoms with van der Waals surface area (Å²) in [6.07, 6.45) is 2.69. The minimum atomic E-state index is -0.0657. The first-order valence-corrected chi connectivity index (χ1v) is 13.4. The third kappa shape index (κ3) is 5.43. The summed E-state index contributed by atoms with van der Waals surface area (Å²) in [6, 6.07) is 11.6. The molecule has 0 radical (unpaired) electrons. The number of aryl methyl sites for hydroxylation is 1. The van der Waals surface area contributed by atoms with E-state index >= 15 is 0 Å². The van der Waals surface area contributed by atoms with Crippen LogP contribution in [0.1, 0.15) is 29.4 Å². The number of morpholine rings is 1. The van der Waals surface area contributed by atoms with Crippen molar-refractivity contribution < 1.29 is 9.53 Å². The van der Waals surface area contributed by atoms with Gasteiger partial charge >= 0.3 is 0 Å². The van der Waals surface area contributed by atoms with Gasteiger partial charge < -0.3 is 26.0 Å². The van der Waals surface area contributed by atoms with Crippen molar-refractivity contribution in [2.45, 2.75) is 20.3 Å². The van der Waals surface area contributed by atoms with E-state index < -0.39 is 0 Å². The van der Waals surface area contributed by atoms with Crippen LogP contribution in [-0.2, 0) is 4.74 Å². The maximum Gasteiger partial charge on any atom is 0.272 e. The zero-order chi connectivity index (χ0) is 26.6. The van der Waals surface area contributed by atoms with Crippen LogP contribution in [0.5, 0.6) is 0 Å². The molecule has 0 atom stereocenters. The Morgan fingerprint density at radius 2 is 1.79 bits per heavy atom. The zero-order valence-electron chi connectivity index (χ0n) is 21.4. The second-order valence-corrected chi connectivity index (χ2v) is 9.88. The van der Waals surface area contributed by atoms with Gasteiger partial charge in [0.15, 0.2) is 11.0 Å². The lowest BCUT2D eigenvalue weighted by atomic mass is 10.0. The van der Waals surface area contributed by atoms with Gasteiger partial charge in [0.05, 0.1) is 13.2 Å². The maximum absolute atomic E-state index is 12.8. The predicted molar refractivity (Wildman–Crippen MR) is 150 cm³/mol. The van der Waals surface area contributed by atoms with Crippen molar-refractivity contribution in [3.63, 3.8) is 0 Å². The van der Waals surface area contributed by atoms with Crippen LogP contribution in [0.2, 0.25) is 0 Å². The SMILES string of the molecule is CCCN(c1nc(-c2nc(N)cc(N)n2)cs1)c1cc(-c2ccc(C(=O)N3CCOCC3)nc2)ccc1C. The normalized spacial score (nSPS) is 13.5. The number of thiazole rings is 1. The van der Waals surface area contributed by atoms with Crippen molar-refractivity contribution in [2.75, 3.05) is 49.2 Å². The third-order valence-corrected chi connectivity index (χ3v) is 7.14. The summed E-state index contributed by atoms with van der Waals surface area (Å²) in [6.45, 7) is 7.30. The fourth-order valence-electron chi connectivity index (χ4n) is 4.33. The Hall–Kier alpha value is -4.09. The summed E-state index contributed by atoms with van der Waals surface area (Å²) in [7, 11) is 0. The molecule has 1 saturated heterocycles. The number of ether oxygens (including phenoxy) is 1. The lowest BCUT2D eigenvalue weighted by Gasteiger charge is -2.26. The third-order valence-electron chi connectivity index (χ3n) is 6.28. The smallest absolute Gasteiger partial charge is 0.272 e. The van der Waals surface area contributed by atoms with Gasteiger partial charge in [-0.2, -0.15) is 0 Å². The second-order valence-electron chi connectivity index (χ2n) is 9.05. The van der Waals surface area contributed by atoms with E-state index in [-0.39, 0.29) is 5.91 Å². The number of carbonyl (C=O) groups excluding carboxylic acids is 1. The summed E-state index contributed by atoms with van der Waals surface area (Å²) in [5, 5.41) is 2.75. The number of amides is 1. The number of hydrogen-bond donors (Lipinski definition) is 2. The minimum absolute atomic E-state index is 0.0657. The van der Waals surface area contributed by atoms with Crippen molar-refractivity contribution >= 4 is 39.7 Å². The van der Waals surface area contributed by atoms with E-state index in [1.54, 1.807) is 17.2 Å². The molecule has 196 valence electrons. The first kappa shape index (κ1) is 25.6. The fourth-order valence-corrected chi connectivity index (χ4v) is 5.18. The summed E-state index contributed by atoms with van der Waals surface area (Å²) in [4.78, 5) is 34.6. The summed E-state index contributed by atoms with van der Waals surface area (Å²) in [5.74, 6) is 0.957. The van der Waals surface area contributed by atoms with Crippen molar-refractivity contribution in [3.8, 4) is 22.6 Å². The Morgan fingerprint density at radius 3 is 2.47 bits per heavy atom. The molecule has 1 amide bonds. The second kappa shape index (κ2) is 11.1. The molecular weight excluding hydrogens is 500 g/mol. The molecular formula is C27H30N8O2S. The summed E-state index contributed by atoms with van der Waals surface area (Å²) >= 11 is 1.52. The van der Waals surface area contributed by atoms with Crippen molar-refractivity contribution in [1.82, 2.24) is 24.8 Å². The zero-order valence-corrected chi connectivity index (χ0v) is 22.2. The highest BCUT2D eigenvalue weighted by molar-refractivity contribution is 7.14. The summed E-state index contributed by atoms with van der Waals surface area (Å²) in [5.41, 5.74) is 16.9. The molecule has 1 fully saturated rings. The quantitative estimate of drug-likeness (QED) is 0.361. The van der Waals surface area contributed by atoms with Gasteiger partial charge in [-0.1, -0.05) is 25.1 Å². The van der Waals surface area contributed by atoms with E-state index in [9.17, 15) is 4.79 Å². The molecule has 1 aliphatic heterocycles. The first-order chi connectivity index (χ1) is 18.4. The van der Waals surface area contributed by atoms with Gasteiger partial charge in [0.1, 0.15) is 23.0 Å². The van der Waals surface area contributed by atoms with E-state index in [2.05, 4.69) is 51.9 Å². The van der Waals surface area contributed by atoms with Gasteiger partial charge in [-0.3, -0.25) is 9.78 Å². The number of carbonyl (C=O) groups is 1. The topological polar surface area (TPSA) is 136 Å². The fraction of sp³-hybridized carbons (Fsp3) is 0.296. The van der Waals surface area contributed by atoms with Crippen LogP contribution >= 0.6 is 11.3 Å². The van der Waals surface area contributed by atoms with E-state index in [0.717, 1.165) is 40.5 Å². The minimum Gasteiger partial charge on any atom is -0.384 e. The van der Waals surface area contributed by atoms with E-state index in [0.29, 0.717) is 55.2 Å². The standard InChI is InChI=1S/C27H30N8O2S/c1-3-8-35(27-31-21(16-38-27)25-32-23(28)14-24(29)33-25)22-13-18(5-4-17(22)2)19-6-7-20(30-15-19)26(36)34-9-11-37-12-10-34/h4-7,13-16H,3,8-12H2,1-2H3,(H4,28,29,32,33). The van der Waals surface area contributed by atoms with Crippen LogP contribution in [0.15, 0.2) is 48.0 Å². The highest BCUT2D eigenvalue weighted by atomic mass is 32.1. The van der Waals surface area contributed by atoms with E-state index in [1.165, 1.54) is 17.4 Å². The number of nitrogen functional groups attached to an aromatic ring is 2. The molecule has 3 aromatic heterocycles. The summed E-state index contributed by atoms with van der Waals surface area (Å²) < 4.78 is 5.35. The number of benzene rings is 1. The molecule has 10 nitrogen and oxygen atoms in total. The molecule has 1 aromatic carbocycles. The molecule has 4 aromatic rings. The molecule has 0 saturated carbocycles. The van der Waals surface area contributed by atoms with Crippen molar-refractivity contribution in [2.24, 2.45) is 0 Å². The molecule has 4 heterocycles. The van der Waals surface area contributed by atoms with Crippen LogP contribution in [0.3, 0.4) is 0 Å². The van der Waals surface area contributed by atoms with Crippen molar-refractivity contribution in [3.05, 3.63) is 59.2 Å². The Morgan fingerprint density at radius 1 is 1.05 bits per heavy atom. The Kier molecular flexibility index (Phi) is 7.47. The monoisotopic (exact) mass is 530 g/mol. The predicted octanol–water partition coefficient (Wildman–Crippen LogP) is 4.16. The molecule has 0 unspecified atom stereocenters. The van der Waals surface area contributed by atoms with Gasteiger partial charge in [0.2, 0.25) is 0 Å². The number of nitrogens with two attached hydrogens (primary N) is 2. The number of rotatable bonds is 7. The average Bonchev–Trinajstić information content (AvgIpc) is 3.42. The van der Waals surface area contributed by atoms with Gasteiger partial charge in [0.25, 0.3) is 5.91 Å². The molecule has 0 aliphatic carbocycles. The molecule has 5 rings (SSSR count). The lowest BCUT2D eigenvalue weighted by Crippen LogP contribution is -2.41. The van der Waals surface area contributed by atoms with Crippen molar-refractivity contribution in [1.29, 1.82) is 0 Å². The Balaban J connectivity index is 1.43. The van der Waals surface area contributed by atoms with Gasteiger partial charge in [-0.25, -0.2) is 15.0 Å². The molecule has 38 heavy (non-hydrogen) atoms. The molecule has 11 heteroatoms. The molecule has 0 bridgehead atoms. The largest absolute Gasteiger partial charge is 0.384 e. The van der Waals surface area contributed by atoms with Crippen LogP contribution in [0.25, 0.3) is 22.6 Å². The molecule has 0 spiro atoms. The number of pyridine rings is 1. The number of nitrogens with zero attached hydrogens (tertiary/aromatic N) is 6. The Labute approximate surface area is 225 Å². The van der Waals surface area contributed by atoms with Gasteiger partial charge in [0, 0.05) is 48.5 Å². The molecule has 1 aliphatic rings. The first-order valence-electron chi connectivity index (χ1n) is 12.5. The highest BCUT2D eigenvalue weighted by Gasteiger charge is 2.21. The number of aromatic nitrogens is 4. The number of anilines is 4. The van der Waals surface area contributed by atoms with E-state index in [4.69, 9.17) is 21.2 Å². The maximum atomic E-state index is 12.8. The van der Waals surface area contributed by atoms with Gasteiger partial charge in [-0.05, 0) is 36.6 Å². The molecule has 4 N–H and O–H groups in total.